The predicted octanol–water partition coefficient (Wildman–Crippen LogP) is 3.21. The van der Waals surface area contributed by atoms with Gasteiger partial charge in [0.25, 0.3) is 0 Å². The monoisotopic (exact) mass is 418 g/mol. The number of carbonyl (C=O) groups excluding carboxylic acids is 3. The van der Waals surface area contributed by atoms with Gasteiger partial charge in [-0.25, -0.2) is 0 Å². The van der Waals surface area contributed by atoms with Crippen LogP contribution < -0.4 is 0 Å². The Morgan fingerprint density at radius 2 is 2.07 bits per heavy atom. The van der Waals surface area contributed by atoms with Gasteiger partial charge in [0.05, 0.1) is 12.8 Å². The van der Waals surface area contributed by atoms with Crippen molar-refractivity contribution in [1.29, 1.82) is 0 Å². The zero-order valence-electron chi connectivity index (χ0n) is 17.9. The summed E-state index contributed by atoms with van der Waals surface area (Å²) >= 11 is 0. The molecule has 0 bridgehead atoms. The third-order valence-corrected chi connectivity index (χ3v) is 8.63. The summed E-state index contributed by atoms with van der Waals surface area (Å²) in [5.41, 5.74) is 0.157. The van der Waals surface area contributed by atoms with E-state index in [1.807, 2.05) is 13.0 Å². The molecule has 0 unspecified atom stereocenters. The molecule has 30 heavy (non-hydrogen) atoms. The molecular formula is C24H31FO5. The molecule has 0 spiro atoms. The summed E-state index contributed by atoms with van der Waals surface area (Å²) < 4.78 is 19.0. The Morgan fingerprint density at radius 3 is 2.73 bits per heavy atom. The number of hydrogen-bond donors (Lipinski definition) is 1. The summed E-state index contributed by atoms with van der Waals surface area (Å²) in [6.07, 6.45) is 7.22. The molecule has 0 amide bonds. The fourth-order valence-electron chi connectivity index (χ4n) is 7.55. The highest BCUT2D eigenvalue weighted by molar-refractivity contribution is 6.01. The number of allylic oxidation sites excluding steroid dienone is 4. The SMILES string of the molecule is CC(=O)OCC(=O)[C@H]1[C@H](CF)C[C@H]2[C@@H]3CCC4=CC(=O)C=C[C@]4(C)[C@H]3[C@@H](O)C[C@@]21C. The lowest BCUT2D eigenvalue weighted by Crippen LogP contribution is -2.56. The van der Waals surface area contributed by atoms with Gasteiger partial charge in [0, 0.05) is 24.2 Å². The topological polar surface area (TPSA) is 80.7 Å². The Kier molecular flexibility index (Phi) is 5.28. The van der Waals surface area contributed by atoms with Crippen molar-refractivity contribution in [3.63, 3.8) is 0 Å². The lowest BCUT2D eigenvalue weighted by atomic mass is 9.46. The molecule has 6 heteroatoms. The molecule has 0 aromatic rings. The second-order valence-electron chi connectivity index (χ2n) is 10.2. The van der Waals surface area contributed by atoms with Crippen LogP contribution in [0.1, 0.15) is 46.5 Å². The van der Waals surface area contributed by atoms with Crippen LogP contribution in [0.25, 0.3) is 0 Å². The zero-order valence-corrected chi connectivity index (χ0v) is 17.9. The van der Waals surface area contributed by atoms with E-state index < -0.39 is 36.0 Å². The fourth-order valence-corrected chi connectivity index (χ4v) is 7.55. The van der Waals surface area contributed by atoms with E-state index in [2.05, 4.69) is 6.92 Å². The van der Waals surface area contributed by atoms with Crippen molar-refractivity contribution >= 4 is 17.5 Å². The molecule has 0 saturated heterocycles. The molecule has 3 fully saturated rings. The first-order valence-corrected chi connectivity index (χ1v) is 11.0. The number of Topliss-reactive ketones (excluding diaryl/α,β-unsaturated/α-hetero) is 1. The molecule has 0 radical (unpaired) electrons. The highest BCUT2D eigenvalue weighted by Gasteiger charge is 2.64. The Balaban J connectivity index is 1.67. The van der Waals surface area contributed by atoms with Crippen LogP contribution in [0.15, 0.2) is 23.8 Å². The van der Waals surface area contributed by atoms with Crippen LogP contribution in [-0.4, -0.2) is 42.0 Å². The average Bonchev–Trinajstić information content (AvgIpc) is 2.98. The first-order valence-electron chi connectivity index (χ1n) is 11.0. The maximum absolute atomic E-state index is 14.0. The van der Waals surface area contributed by atoms with Gasteiger partial charge < -0.3 is 9.84 Å². The summed E-state index contributed by atoms with van der Waals surface area (Å²) in [5.74, 6) is -1.54. The lowest BCUT2D eigenvalue weighted by Gasteiger charge is -2.58. The maximum atomic E-state index is 14.0. The van der Waals surface area contributed by atoms with Crippen molar-refractivity contribution < 1.29 is 28.6 Å². The van der Waals surface area contributed by atoms with Crippen LogP contribution in [0.2, 0.25) is 0 Å². The van der Waals surface area contributed by atoms with Crippen LogP contribution in [0, 0.1) is 40.4 Å². The van der Waals surface area contributed by atoms with Crippen molar-refractivity contribution in [3.05, 3.63) is 23.8 Å². The van der Waals surface area contributed by atoms with Crippen molar-refractivity contribution in [2.45, 2.75) is 52.6 Å². The van der Waals surface area contributed by atoms with Gasteiger partial charge in [0.2, 0.25) is 0 Å². The first kappa shape index (κ1) is 21.4. The van der Waals surface area contributed by atoms with Crippen molar-refractivity contribution in [3.8, 4) is 0 Å². The van der Waals surface area contributed by atoms with E-state index in [9.17, 15) is 23.9 Å². The molecule has 0 heterocycles. The molecule has 4 aliphatic carbocycles. The van der Waals surface area contributed by atoms with Gasteiger partial charge in [0.15, 0.2) is 11.6 Å². The molecule has 5 nitrogen and oxygen atoms in total. The summed E-state index contributed by atoms with van der Waals surface area (Å²) in [5, 5.41) is 11.3. The van der Waals surface area contributed by atoms with Crippen LogP contribution in [0.3, 0.4) is 0 Å². The third-order valence-electron chi connectivity index (χ3n) is 8.63. The molecule has 0 aliphatic heterocycles. The zero-order chi connectivity index (χ0) is 21.8. The van der Waals surface area contributed by atoms with Gasteiger partial charge in [-0.3, -0.25) is 18.8 Å². The quantitative estimate of drug-likeness (QED) is 0.709. The van der Waals surface area contributed by atoms with Crippen LogP contribution >= 0.6 is 0 Å². The minimum atomic E-state index is -0.648. The van der Waals surface area contributed by atoms with E-state index in [0.29, 0.717) is 12.8 Å². The third kappa shape index (κ3) is 3.10. The smallest absolute Gasteiger partial charge is 0.303 e. The standard InChI is InChI=1S/C24H31FO5/c1-13(26)30-12-20(29)21-14(11-25)8-18-17-5-4-15-9-16(27)6-7-23(15,2)22(17)19(28)10-24(18,21)3/h6-7,9,14,17-19,21-22,28H,4-5,8,10-12H2,1-3H3/t14-,17-,18-,19-,21+,22+,23-,24-/m0/s1. The van der Waals surface area contributed by atoms with Crippen molar-refractivity contribution in [1.82, 2.24) is 0 Å². The average molecular weight is 419 g/mol. The highest BCUT2D eigenvalue weighted by Crippen LogP contribution is 2.67. The van der Waals surface area contributed by atoms with Gasteiger partial charge in [-0.05, 0) is 61.0 Å². The number of aliphatic hydroxyl groups excluding tert-OH is 1. The summed E-state index contributed by atoms with van der Waals surface area (Å²) in [6, 6.07) is 0. The number of rotatable bonds is 4. The highest BCUT2D eigenvalue weighted by atomic mass is 19.1. The molecule has 164 valence electrons. The molecule has 0 aromatic carbocycles. The second-order valence-corrected chi connectivity index (χ2v) is 10.2. The van der Waals surface area contributed by atoms with Gasteiger partial charge >= 0.3 is 5.97 Å². The summed E-state index contributed by atoms with van der Waals surface area (Å²) in [7, 11) is 0. The van der Waals surface area contributed by atoms with E-state index in [0.717, 1.165) is 18.4 Å². The van der Waals surface area contributed by atoms with Crippen molar-refractivity contribution in [2.75, 3.05) is 13.3 Å². The minimum Gasteiger partial charge on any atom is -0.458 e. The molecule has 8 atom stereocenters. The van der Waals surface area contributed by atoms with Crippen LogP contribution in [-0.2, 0) is 19.1 Å². The predicted molar refractivity (Wildman–Crippen MR) is 108 cm³/mol. The molecule has 1 N–H and O–H groups in total. The number of halogens is 1. The summed E-state index contributed by atoms with van der Waals surface area (Å²) in [6.45, 7) is 4.43. The van der Waals surface area contributed by atoms with E-state index in [1.54, 1.807) is 12.2 Å². The number of ketones is 2. The molecule has 3 saturated carbocycles. The number of fused-ring (bicyclic) bond motifs is 5. The molecule has 0 aromatic heterocycles. The Morgan fingerprint density at radius 1 is 1.33 bits per heavy atom. The Bertz CT molecular complexity index is 831. The van der Waals surface area contributed by atoms with Gasteiger partial charge in [-0.2, -0.15) is 0 Å². The summed E-state index contributed by atoms with van der Waals surface area (Å²) in [4.78, 5) is 36.1. The molecule has 4 aliphatic rings. The van der Waals surface area contributed by atoms with Gasteiger partial charge in [-0.1, -0.05) is 25.5 Å². The number of hydrogen-bond acceptors (Lipinski definition) is 5. The van der Waals surface area contributed by atoms with Gasteiger partial charge in [0.1, 0.15) is 6.61 Å². The second kappa shape index (κ2) is 7.40. The normalized spacial score (nSPS) is 44.6. The fraction of sp³-hybridized carbons (Fsp3) is 0.708. The van der Waals surface area contributed by atoms with Crippen LogP contribution in [0.5, 0.6) is 0 Å². The minimum absolute atomic E-state index is 0.00875. The number of alkyl halides is 1. The number of aliphatic hydroxyl groups is 1. The lowest BCUT2D eigenvalue weighted by molar-refractivity contribution is -0.153. The molecular weight excluding hydrogens is 387 g/mol. The maximum Gasteiger partial charge on any atom is 0.303 e. The van der Waals surface area contributed by atoms with E-state index >= 15 is 0 Å². The van der Waals surface area contributed by atoms with Crippen molar-refractivity contribution in [2.24, 2.45) is 40.4 Å². The Labute approximate surface area is 176 Å². The number of carbonyl (C=O) groups is 3. The number of ether oxygens (including phenoxy) is 1. The largest absolute Gasteiger partial charge is 0.458 e. The Hall–Kier alpha value is -1.82. The van der Waals surface area contributed by atoms with E-state index in [1.165, 1.54) is 6.92 Å². The first-order chi connectivity index (χ1) is 14.1. The molecule has 4 rings (SSSR count). The van der Waals surface area contributed by atoms with E-state index in [4.69, 9.17) is 4.74 Å². The number of esters is 1. The van der Waals surface area contributed by atoms with Crippen LogP contribution in [0.4, 0.5) is 4.39 Å². The van der Waals surface area contributed by atoms with E-state index in [-0.39, 0.29) is 41.3 Å². The van der Waals surface area contributed by atoms with Gasteiger partial charge in [-0.15, -0.1) is 0 Å².